The summed E-state index contributed by atoms with van der Waals surface area (Å²) in [6.07, 6.45) is -0.307. The maximum absolute atomic E-state index is 9.86. The van der Waals surface area contributed by atoms with E-state index in [-0.39, 0.29) is 6.10 Å². The Morgan fingerprint density at radius 3 is 3.05 bits per heavy atom. The number of β-amino-alcohol motifs (C(OH)–C–C–N with tert-alkyl or cyclic N) is 1. The maximum atomic E-state index is 9.86. The Hall–Kier alpha value is -1.30. The number of ether oxygens (including phenoxy) is 2. The van der Waals surface area contributed by atoms with E-state index in [4.69, 9.17) is 9.47 Å². The number of aliphatic hydroxyl groups is 1. The average molecular weight is 264 g/mol. The van der Waals surface area contributed by atoms with E-state index in [0.717, 1.165) is 24.6 Å². The molecule has 2 N–H and O–H groups in total. The predicted molar refractivity (Wildman–Crippen MR) is 71.3 cm³/mol. The van der Waals surface area contributed by atoms with Gasteiger partial charge in [0.2, 0.25) is 6.79 Å². The lowest BCUT2D eigenvalue weighted by atomic mass is 10.1. The molecular weight excluding hydrogens is 244 g/mol. The zero-order valence-electron chi connectivity index (χ0n) is 11.1. The number of aliphatic hydroxyl groups excluding tert-OH is 1. The number of nitrogens with zero attached hydrogens (tertiary/aromatic N) is 1. The molecule has 0 spiro atoms. The minimum absolute atomic E-state index is 0.307. The standard InChI is InChI=1S/C14H20N2O3/c1-10-6-16(8-12(17)5-15-10)7-11-2-3-13-14(4-11)19-9-18-13/h2-4,10,12,15,17H,5-9H2,1H3. The number of fused-ring (bicyclic) bond motifs is 1. The molecule has 2 aliphatic heterocycles. The van der Waals surface area contributed by atoms with Crippen LogP contribution in [0.2, 0.25) is 0 Å². The predicted octanol–water partition coefficient (Wildman–Crippen LogP) is 0.570. The second kappa shape index (κ2) is 5.36. The Labute approximate surface area is 113 Å². The van der Waals surface area contributed by atoms with Gasteiger partial charge in [0.1, 0.15) is 0 Å². The van der Waals surface area contributed by atoms with E-state index in [9.17, 15) is 5.11 Å². The summed E-state index contributed by atoms with van der Waals surface area (Å²) in [7, 11) is 0. The van der Waals surface area contributed by atoms with Gasteiger partial charge in [-0.15, -0.1) is 0 Å². The van der Waals surface area contributed by atoms with Crippen LogP contribution in [0.5, 0.6) is 11.5 Å². The molecule has 2 aliphatic rings. The first-order valence-electron chi connectivity index (χ1n) is 6.73. The summed E-state index contributed by atoms with van der Waals surface area (Å²) in [5, 5.41) is 13.2. The Balaban J connectivity index is 1.69. The van der Waals surface area contributed by atoms with Gasteiger partial charge in [-0.3, -0.25) is 4.90 Å². The zero-order chi connectivity index (χ0) is 13.2. The van der Waals surface area contributed by atoms with Gasteiger partial charge in [-0.1, -0.05) is 6.07 Å². The van der Waals surface area contributed by atoms with Gasteiger partial charge in [0.25, 0.3) is 0 Å². The molecule has 0 aromatic heterocycles. The lowest BCUT2D eigenvalue weighted by Gasteiger charge is -2.23. The normalized spacial score (nSPS) is 27.3. The van der Waals surface area contributed by atoms with Gasteiger partial charge in [-0.2, -0.15) is 0 Å². The Kier molecular flexibility index (Phi) is 3.59. The third-order valence-electron chi connectivity index (χ3n) is 3.55. The van der Waals surface area contributed by atoms with Crippen LogP contribution in [0.3, 0.4) is 0 Å². The van der Waals surface area contributed by atoms with Crippen LogP contribution in [0, 0.1) is 0 Å². The van der Waals surface area contributed by atoms with Crippen molar-refractivity contribution < 1.29 is 14.6 Å². The number of benzene rings is 1. The molecule has 2 heterocycles. The molecule has 2 atom stereocenters. The third-order valence-corrected chi connectivity index (χ3v) is 3.55. The summed E-state index contributed by atoms with van der Waals surface area (Å²) in [4.78, 5) is 2.27. The smallest absolute Gasteiger partial charge is 0.231 e. The van der Waals surface area contributed by atoms with Crippen molar-refractivity contribution in [1.29, 1.82) is 0 Å². The van der Waals surface area contributed by atoms with Crippen LogP contribution < -0.4 is 14.8 Å². The summed E-state index contributed by atoms with van der Waals surface area (Å²) in [5.41, 5.74) is 1.19. The molecule has 19 heavy (non-hydrogen) atoms. The first-order valence-corrected chi connectivity index (χ1v) is 6.73. The van der Waals surface area contributed by atoms with E-state index in [1.165, 1.54) is 5.56 Å². The molecule has 1 fully saturated rings. The Bertz CT molecular complexity index is 440. The lowest BCUT2D eigenvalue weighted by Crippen LogP contribution is -2.34. The van der Waals surface area contributed by atoms with Crippen molar-refractivity contribution in [1.82, 2.24) is 10.2 Å². The second-order valence-electron chi connectivity index (χ2n) is 5.34. The quantitative estimate of drug-likeness (QED) is 0.818. The van der Waals surface area contributed by atoms with Gasteiger partial charge in [0, 0.05) is 32.2 Å². The number of rotatable bonds is 2. The van der Waals surface area contributed by atoms with Gasteiger partial charge < -0.3 is 19.9 Å². The second-order valence-corrected chi connectivity index (χ2v) is 5.34. The highest BCUT2D eigenvalue weighted by Crippen LogP contribution is 2.32. The monoisotopic (exact) mass is 264 g/mol. The van der Waals surface area contributed by atoms with Crippen LogP contribution in [-0.2, 0) is 6.54 Å². The first-order chi connectivity index (χ1) is 9.20. The minimum Gasteiger partial charge on any atom is -0.454 e. The third kappa shape index (κ3) is 3.00. The lowest BCUT2D eigenvalue weighted by molar-refractivity contribution is 0.126. The zero-order valence-corrected chi connectivity index (χ0v) is 11.1. The Morgan fingerprint density at radius 2 is 2.16 bits per heavy atom. The van der Waals surface area contributed by atoms with E-state index in [1.54, 1.807) is 0 Å². The van der Waals surface area contributed by atoms with E-state index in [0.29, 0.717) is 25.9 Å². The highest BCUT2D eigenvalue weighted by molar-refractivity contribution is 5.44. The molecule has 1 aromatic rings. The molecule has 1 saturated heterocycles. The van der Waals surface area contributed by atoms with Crippen LogP contribution in [-0.4, -0.2) is 48.6 Å². The molecule has 0 radical (unpaired) electrons. The molecular formula is C14H20N2O3. The van der Waals surface area contributed by atoms with Gasteiger partial charge in [0.15, 0.2) is 11.5 Å². The molecule has 5 heteroatoms. The van der Waals surface area contributed by atoms with Gasteiger partial charge >= 0.3 is 0 Å². The van der Waals surface area contributed by atoms with Crippen LogP contribution in [0.15, 0.2) is 18.2 Å². The molecule has 3 rings (SSSR count). The summed E-state index contributed by atoms with van der Waals surface area (Å²) >= 11 is 0. The first kappa shape index (κ1) is 12.7. The van der Waals surface area contributed by atoms with Gasteiger partial charge in [0.05, 0.1) is 6.10 Å². The van der Waals surface area contributed by atoms with E-state index in [1.807, 2.05) is 12.1 Å². The van der Waals surface area contributed by atoms with Crippen molar-refractivity contribution in [2.75, 3.05) is 26.4 Å². The summed E-state index contributed by atoms with van der Waals surface area (Å²) < 4.78 is 10.7. The van der Waals surface area contributed by atoms with Crippen molar-refractivity contribution in [3.05, 3.63) is 23.8 Å². The van der Waals surface area contributed by atoms with Crippen molar-refractivity contribution in [2.24, 2.45) is 0 Å². The SMILES string of the molecule is CC1CN(Cc2ccc3c(c2)OCO3)CC(O)CN1. The van der Waals surface area contributed by atoms with Crippen molar-refractivity contribution in [2.45, 2.75) is 25.6 Å². The fraction of sp³-hybridized carbons (Fsp3) is 0.571. The average Bonchev–Trinajstić information content (AvgIpc) is 2.77. The molecule has 2 unspecified atom stereocenters. The molecule has 0 amide bonds. The maximum Gasteiger partial charge on any atom is 0.231 e. The van der Waals surface area contributed by atoms with Crippen LogP contribution in [0.25, 0.3) is 0 Å². The summed E-state index contributed by atoms with van der Waals surface area (Å²) in [6.45, 7) is 5.57. The number of hydrogen-bond donors (Lipinski definition) is 2. The number of nitrogens with one attached hydrogen (secondary N) is 1. The van der Waals surface area contributed by atoms with Crippen molar-refractivity contribution >= 4 is 0 Å². The van der Waals surface area contributed by atoms with E-state index in [2.05, 4.69) is 23.2 Å². The molecule has 0 saturated carbocycles. The van der Waals surface area contributed by atoms with Crippen molar-refractivity contribution in [3.63, 3.8) is 0 Å². The molecule has 1 aromatic carbocycles. The molecule has 104 valence electrons. The molecule has 0 aliphatic carbocycles. The van der Waals surface area contributed by atoms with Crippen molar-refractivity contribution in [3.8, 4) is 11.5 Å². The van der Waals surface area contributed by atoms with E-state index >= 15 is 0 Å². The largest absolute Gasteiger partial charge is 0.454 e. The Morgan fingerprint density at radius 1 is 1.32 bits per heavy atom. The minimum atomic E-state index is -0.307. The topological polar surface area (TPSA) is 54.0 Å². The van der Waals surface area contributed by atoms with Gasteiger partial charge in [-0.25, -0.2) is 0 Å². The summed E-state index contributed by atoms with van der Waals surface area (Å²) in [6, 6.07) is 6.43. The van der Waals surface area contributed by atoms with Crippen LogP contribution in [0.1, 0.15) is 12.5 Å². The number of hydrogen-bond acceptors (Lipinski definition) is 5. The van der Waals surface area contributed by atoms with Crippen LogP contribution in [0.4, 0.5) is 0 Å². The molecule has 0 bridgehead atoms. The van der Waals surface area contributed by atoms with Gasteiger partial charge in [-0.05, 0) is 24.6 Å². The highest BCUT2D eigenvalue weighted by atomic mass is 16.7. The van der Waals surface area contributed by atoms with E-state index < -0.39 is 0 Å². The fourth-order valence-corrected chi connectivity index (χ4v) is 2.65. The van der Waals surface area contributed by atoms with Crippen LogP contribution >= 0.6 is 0 Å². The fourth-order valence-electron chi connectivity index (χ4n) is 2.65. The highest BCUT2D eigenvalue weighted by Gasteiger charge is 2.21. The molecule has 5 nitrogen and oxygen atoms in total. The summed E-state index contributed by atoms with van der Waals surface area (Å²) in [5.74, 6) is 1.63.